The zero-order chi connectivity index (χ0) is 13.1. The number of nitrogen functional groups attached to an aromatic ring is 1. The van der Waals surface area contributed by atoms with Crippen LogP contribution in [0.4, 0.5) is 17.1 Å². The molecule has 0 radical (unpaired) electrons. The fourth-order valence-electron chi connectivity index (χ4n) is 2.26. The number of benzene rings is 1. The van der Waals surface area contributed by atoms with Crippen molar-refractivity contribution in [1.82, 2.24) is 4.90 Å². The largest absolute Gasteiger partial charge is 0.399 e. The van der Waals surface area contributed by atoms with Gasteiger partial charge in [-0.2, -0.15) is 0 Å². The van der Waals surface area contributed by atoms with E-state index in [0.717, 1.165) is 32.7 Å². The number of hydrogen-bond acceptors (Lipinski definition) is 5. The molecule has 1 aliphatic heterocycles. The second-order valence-electron chi connectivity index (χ2n) is 4.43. The Morgan fingerprint density at radius 3 is 2.56 bits per heavy atom. The van der Waals surface area contributed by atoms with Crippen molar-refractivity contribution in [2.24, 2.45) is 0 Å². The van der Waals surface area contributed by atoms with Crippen molar-refractivity contribution < 1.29 is 4.92 Å². The highest BCUT2D eigenvalue weighted by Crippen LogP contribution is 2.30. The molecule has 6 nitrogen and oxygen atoms in total. The molecule has 0 aromatic heterocycles. The van der Waals surface area contributed by atoms with Crippen LogP contribution in [0, 0.1) is 10.1 Å². The standard InChI is InChI=1S/C12H18N4O2/c1-2-14-5-7-15(8-6-14)11-4-3-10(13)9-12(11)16(17)18/h3-4,9H,2,5-8,13H2,1H3. The van der Waals surface area contributed by atoms with Crippen LogP contribution in [0.1, 0.15) is 6.92 Å². The number of nitro groups is 1. The van der Waals surface area contributed by atoms with E-state index in [4.69, 9.17) is 5.73 Å². The lowest BCUT2D eigenvalue weighted by atomic mass is 10.2. The third kappa shape index (κ3) is 2.53. The second kappa shape index (κ2) is 5.22. The van der Waals surface area contributed by atoms with E-state index in [1.807, 2.05) is 0 Å². The van der Waals surface area contributed by atoms with Gasteiger partial charge in [-0.05, 0) is 18.7 Å². The molecule has 0 saturated carbocycles. The summed E-state index contributed by atoms with van der Waals surface area (Å²) in [7, 11) is 0. The lowest BCUT2D eigenvalue weighted by molar-refractivity contribution is -0.384. The first kappa shape index (κ1) is 12.6. The van der Waals surface area contributed by atoms with Gasteiger partial charge in [-0.15, -0.1) is 0 Å². The summed E-state index contributed by atoms with van der Waals surface area (Å²) in [4.78, 5) is 15.1. The van der Waals surface area contributed by atoms with Gasteiger partial charge in [0.25, 0.3) is 5.69 Å². The van der Waals surface area contributed by atoms with E-state index < -0.39 is 0 Å². The molecule has 0 aliphatic carbocycles. The van der Waals surface area contributed by atoms with Gasteiger partial charge in [0, 0.05) is 37.9 Å². The van der Waals surface area contributed by atoms with Crippen LogP contribution in [0.5, 0.6) is 0 Å². The Morgan fingerprint density at radius 1 is 1.33 bits per heavy atom. The number of piperazine rings is 1. The van der Waals surface area contributed by atoms with Crippen LogP contribution in [0.2, 0.25) is 0 Å². The first-order valence-electron chi connectivity index (χ1n) is 6.13. The highest BCUT2D eigenvalue weighted by atomic mass is 16.6. The molecule has 0 amide bonds. The summed E-state index contributed by atoms with van der Waals surface area (Å²) < 4.78 is 0. The number of nitrogens with two attached hydrogens (primary N) is 1. The molecule has 1 heterocycles. The van der Waals surface area contributed by atoms with Crippen LogP contribution in [0.15, 0.2) is 18.2 Å². The van der Waals surface area contributed by atoms with E-state index >= 15 is 0 Å². The molecule has 0 atom stereocenters. The van der Waals surface area contributed by atoms with Gasteiger partial charge in [0.15, 0.2) is 0 Å². The van der Waals surface area contributed by atoms with Gasteiger partial charge in [-0.3, -0.25) is 10.1 Å². The third-order valence-corrected chi connectivity index (χ3v) is 3.36. The van der Waals surface area contributed by atoms with Crippen LogP contribution in [0.3, 0.4) is 0 Å². The van der Waals surface area contributed by atoms with Gasteiger partial charge in [0.2, 0.25) is 0 Å². The average molecular weight is 250 g/mol. The van der Waals surface area contributed by atoms with Crippen molar-refractivity contribution in [2.45, 2.75) is 6.92 Å². The Kier molecular flexibility index (Phi) is 3.66. The number of rotatable bonds is 3. The molecule has 1 aliphatic rings. The molecule has 0 bridgehead atoms. The molecule has 18 heavy (non-hydrogen) atoms. The number of anilines is 2. The minimum absolute atomic E-state index is 0.0972. The summed E-state index contributed by atoms with van der Waals surface area (Å²) in [6.45, 7) is 6.67. The lowest BCUT2D eigenvalue weighted by Crippen LogP contribution is -2.46. The van der Waals surface area contributed by atoms with E-state index in [1.54, 1.807) is 12.1 Å². The van der Waals surface area contributed by atoms with Gasteiger partial charge in [0.1, 0.15) is 5.69 Å². The first-order valence-corrected chi connectivity index (χ1v) is 6.13. The van der Waals surface area contributed by atoms with E-state index in [-0.39, 0.29) is 10.6 Å². The molecule has 1 aromatic carbocycles. The van der Waals surface area contributed by atoms with Crippen LogP contribution >= 0.6 is 0 Å². The average Bonchev–Trinajstić information content (AvgIpc) is 2.39. The van der Waals surface area contributed by atoms with Crippen molar-refractivity contribution in [3.8, 4) is 0 Å². The topological polar surface area (TPSA) is 75.6 Å². The SMILES string of the molecule is CCN1CCN(c2ccc(N)cc2[N+](=O)[O-])CC1. The van der Waals surface area contributed by atoms with Gasteiger partial charge in [0.05, 0.1) is 4.92 Å². The minimum atomic E-state index is -0.363. The van der Waals surface area contributed by atoms with Crippen molar-refractivity contribution in [3.05, 3.63) is 28.3 Å². The normalized spacial score (nSPS) is 16.8. The van der Waals surface area contributed by atoms with Crippen molar-refractivity contribution in [3.63, 3.8) is 0 Å². The number of nitro benzene ring substituents is 1. The molecule has 2 rings (SSSR count). The van der Waals surface area contributed by atoms with Crippen LogP contribution < -0.4 is 10.6 Å². The summed E-state index contributed by atoms with van der Waals surface area (Å²) >= 11 is 0. The number of nitrogens with zero attached hydrogens (tertiary/aromatic N) is 3. The molecule has 2 N–H and O–H groups in total. The molecular weight excluding hydrogens is 232 g/mol. The second-order valence-corrected chi connectivity index (χ2v) is 4.43. The summed E-state index contributed by atoms with van der Waals surface area (Å²) in [5.74, 6) is 0. The molecule has 0 unspecified atom stereocenters. The molecule has 1 fully saturated rings. The van der Waals surface area contributed by atoms with Gasteiger partial charge in [-0.25, -0.2) is 0 Å². The molecular formula is C12H18N4O2. The first-order chi connectivity index (χ1) is 8.61. The summed E-state index contributed by atoms with van der Waals surface area (Å²) in [6.07, 6.45) is 0. The lowest BCUT2D eigenvalue weighted by Gasteiger charge is -2.35. The predicted molar refractivity (Wildman–Crippen MR) is 71.8 cm³/mol. The Hall–Kier alpha value is -1.82. The predicted octanol–water partition coefficient (Wildman–Crippen LogP) is 1.32. The van der Waals surface area contributed by atoms with Crippen molar-refractivity contribution >= 4 is 17.1 Å². The third-order valence-electron chi connectivity index (χ3n) is 3.36. The smallest absolute Gasteiger partial charge is 0.294 e. The van der Waals surface area contributed by atoms with Crippen LogP contribution in [0.25, 0.3) is 0 Å². The van der Waals surface area contributed by atoms with Crippen LogP contribution in [-0.4, -0.2) is 42.5 Å². The highest BCUT2D eigenvalue weighted by molar-refractivity contribution is 5.68. The van der Waals surface area contributed by atoms with Gasteiger partial charge in [-0.1, -0.05) is 6.92 Å². The van der Waals surface area contributed by atoms with Crippen molar-refractivity contribution in [2.75, 3.05) is 43.4 Å². The Labute approximate surface area is 106 Å². The quantitative estimate of drug-likeness (QED) is 0.497. The Balaban J connectivity index is 2.21. The zero-order valence-electron chi connectivity index (χ0n) is 10.5. The van der Waals surface area contributed by atoms with E-state index in [9.17, 15) is 10.1 Å². The van der Waals surface area contributed by atoms with E-state index in [1.165, 1.54) is 6.07 Å². The fraction of sp³-hybridized carbons (Fsp3) is 0.500. The monoisotopic (exact) mass is 250 g/mol. The Morgan fingerprint density at radius 2 is 2.00 bits per heavy atom. The molecule has 98 valence electrons. The summed E-state index contributed by atoms with van der Waals surface area (Å²) in [6, 6.07) is 4.89. The molecule has 1 aromatic rings. The molecule has 0 spiro atoms. The number of hydrogen-bond donors (Lipinski definition) is 1. The highest BCUT2D eigenvalue weighted by Gasteiger charge is 2.23. The Bertz CT molecular complexity index is 442. The maximum atomic E-state index is 11.1. The fourth-order valence-corrected chi connectivity index (χ4v) is 2.26. The molecule has 6 heteroatoms. The van der Waals surface area contributed by atoms with Gasteiger partial charge >= 0.3 is 0 Å². The minimum Gasteiger partial charge on any atom is -0.399 e. The van der Waals surface area contributed by atoms with E-state index in [2.05, 4.69) is 16.7 Å². The van der Waals surface area contributed by atoms with Gasteiger partial charge < -0.3 is 15.5 Å². The van der Waals surface area contributed by atoms with E-state index in [0.29, 0.717) is 11.4 Å². The molecule has 1 saturated heterocycles. The maximum absolute atomic E-state index is 11.1. The summed E-state index contributed by atoms with van der Waals surface area (Å²) in [5.41, 5.74) is 6.80. The summed E-state index contributed by atoms with van der Waals surface area (Å²) in [5, 5.41) is 11.1. The van der Waals surface area contributed by atoms with Crippen LogP contribution in [-0.2, 0) is 0 Å². The zero-order valence-corrected chi connectivity index (χ0v) is 10.5. The number of likely N-dealkylation sites (N-methyl/N-ethyl adjacent to an activating group) is 1. The van der Waals surface area contributed by atoms with Crippen molar-refractivity contribution in [1.29, 1.82) is 0 Å². The maximum Gasteiger partial charge on any atom is 0.294 e.